The Morgan fingerprint density at radius 2 is 1.75 bits per heavy atom. The lowest BCUT2D eigenvalue weighted by atomic mass is 9.91. The van der Waals surface area contributed by atoms with E-state index in [2.05, 4.69) is 4.72 Å². The number of halogens is 1. The molecule has 6 heteroatoms. The molecule has 0 aromatic heterocycles. The Balaban J connectivity index is 3.23. The van der Waals surface area contributed by atoms with Crippen LogP contribution in [0.3, 0.4) is 0 Å². The molecule has 4 nitrogen and oxygen atoms in total. The van der Waals surface area contributed by atoms with Crippen molar-refractivity contribution in [2.45, 2.75) is 57.0 Å². The molecule has 0 aliphatic rings. The van der Waals surface area contributed by atoms with Gasteiger partial charge in [-0.25, -0.2) is 17.5 Å². The number of hydrogen-bond donors (Lipinski definition) is 2. The van der Waals surface area contributed by atoms with Crippen LogP contribution in [0.25, 0.3) is 0 Å². The Hall–Kier alpha value is -0.980. The van der Waals surface area contributed by atoms with Gasteiger partial charge >= 0.3 is 0 Å². The summed E-state index contributed by atoms with van der Waals surface area (Å²) in [5, 5.41) is 0. The molecule has 1 rings (SSSR count). The van der Waals surface area contributed by atoms with Crippen molar-refractivity contribution in [1.29, 1.82) is 0 Å². The second kappa shape index (κ2) is 6.65. The first-order chi connectivity index (χ1) is 9.34. The summed E-state index contributed by atoms with van der Waals surface area (Å²) in [4.78, 5) is -0.333. The summed E-state index contributed by atoms with van der Waals surface area (Å²) in [7, 11) is -3.90. The van der Waals surface area contributed by atoms with Crippen LogP contribution in [0.2, 0.25) is 0 Å². The van der Waals surface area contributed by atoms with Crippen molar-refractivity contribution in [3.8, 4) is 0 Å². The van der Waals surface area contributed by atoms with E-state index < -0.39 is 21.4 Å². The fourth-order valence-corrected chi connectivity index (χ4v) is 3.93. The molecule has 0 saturated heterocycles. The molecule has 114 valence electrons. The van der Waals surface area contributed by atoms with Crippen molar-refractivity contribution in [2.24, 2.45) is 5.73 Å². The molecule has 20 heavy (non-hydrogen) atoms. The maximum atomic E-state index is 13.8. The molecule has 0 spiro atoms. The number of nitrogens with two attached hydrogens (primary N) is 1. The van der Waals surface area contributed by atoms with Crippen molar-refractivity contribution in [3.05, 3.63) is 29.6 Å². The zero-order chi connectivity index (χ0) is 15.4. The fourth-order valence-electron chi connectivity index (χ4n) is 2.19. The summed E-state index contributed by atoms with van der Waals surface area (Å²) in [5.74, 6) is -0.757. The highest BCUT2D eigenvalue weighted by molar-refractivity contribution is 7.89. The third-order valence-corrected chi connectivity index (χ3v) is 5.50. The third kappa shape index (κ3) is 3.56. The summed E-state index contributed by atoms with van der Waals surface area (Å²) in [6.07, 6.45) is 1.95. The van der Waals surface area contributed by atoms with Gasteiger partial charge in [-0.15, -0.1) is 0 Å². The van der Waals surface area contributed by atoms with Gasteiger partial charge in [-0.05, 0) is 37.0 Å². The van der Waals surface area contributed by atoms with Crippen molar-refractivity contribution in [2.75, 3.05) is 0 Å². The highest BCUT2D eigenvalue weighted by atomic mass is 32.2. The van der Waals surface area contributed by atoms with Gasteiger partial charge in [0.1, 0.15) is 10.7 Å². The topological polar surface area (TPSA) is 72.2 Å². The zero-order valence-corrected chi connectivity index (χ0v) is 13.1. The highest BCUT2D eigenvalue weighted by Gasteiger charge is 2.31. The van der Waals surface area contributed by atoms with Gasteiger partial charge in [-0.1, -0.05) is 26.8 Å². The number of hydrogen-bond acceptors (Lipinski definition) is 3. The van der Waals surface area contributed by atoms with Gasteiger partial charge in [-0.2, -0.15) is 0 Å². The molecule has 0 aliphatic carbocycles. The Kier molecular flexibility index (Phi) is 5.68. The predicted octanol–water partition coefficient (Wildman–Crippen LogP) is 2.53. The molecular formula is C14H23FN2O2S. The molecule has 0 aliphatic heterocycles. The SMILES string of the molecule is CCC(CC)(CC)NS(=O)(=O)c1cc(CN)ccc1F. The minimum Gasteiger partial charge on any atom is -0.326 e. The third-order valence-electron chi connectivity index (χ3n) is 3.90. The van der Waals surface area contributed by atoms with E-state index in [1.54, 1.807) is 0 Å². The molecule has 0 bridgehead atoms. The summed E-state index contributed by atoms with van der Waals surface area (Å²) in [5.41, 5.74) is 5.53. The molecule has 0 radical (unpaired) electrons. The summed E-state index contributed by atoms with van der Waals surface area (Å²) in [6.45, 7) is 5.93. The van der Waals surface area contributed by atoms with Gasteiger partial charge in [0.15, 0.2) is 0 Å². The number of sulfonamides is 1. The lowest BCUT2D eigenvalue weighted by molar-refractivity contribution is 0.341. The standard InChI is InChI=1S/C14H23FN2O2S/c1-4-14(5-2,6-3)17-20(18,19)13-9-11(10-16)7-8-12(13)15/h7-9,17H,4-6,10,16H2,1-3H3. The quantitative estimate of drug-likeness (QED) is 0.813. The Morgan fingerprint density at radius 3 is 2.20 bits per heavy atom. The van der Waals surface area contributed by atoms with Crippen LogP contribution in [-0.4, -0.2) is 14.0 Å². The molecule has 0 unspecified atom stereocenters. The minimum absolute atomic E-state index is 0.170. The first kappa shape index (κ1) is 17.1. The van der Waals surface area contributed by atoms with Crippen LogP contribution >= 0.6 is 0 Å². The van der Waals surface area contributed by atoms with Crippen molar-refractivity contribution < 1.29 is 12.8 Å². The van der Waals surface area contributed by atoms with Crippen molar-refractivity contribution in [3.63, 3.8) is 0 Å². The van der Waals surface area contributed by atoms with Crippen LogP contribution in [0.1, 0.15) is 45.6 Å². The number of benzene rings is 1. The van der Waals surface area contributed by atoms with E-state index in [9.17, 15) is 12.8 Å². The lowest BCUT2D eigenvalue weighted by Gasteiger charge is -2.31. The van der Waals surface area contributed by atoms with Crippen LogP contribution in [0, 0.1) is 5.82 Å². The summed E-state index contributed by atoms with van der Waals surface area (Å²) in [6, 6.07) is 3.92. The molecule has 0 amide bonds. The van der Waals surface area contributed by atoms with Crippen LogP contribution in [0.5, 0.6) is 0 Å². The average Bonchev–Trinajstić information content (AvgIpc) is 2.45. The van der Waals surface area contributed by atoms with Gasteiger partial charge in [0.05, 0.1) is 0 Å². The molecular weight excluding hydrogens is 279 g/mol. The minimum atomic E-state index is -3.90. The molecule has 3 N–H and O–H groups in total. The van der Waals surface area contributed by atoms with E-state index in [1.807, 2.05) is 20.8 Å². The van der Waals surface area contributed by atoms with Crippen molar-refractivity contribution >= 4 is 10.0 Å². The van der Waals surface area contributed by atoms with Crippen LogP contribution < -0.4 is 10.5 Å². The average molecular weight is 302 g/mol. The largest absolute Gasteiger partial charge is 0.326 e. The van der Waals surface area contributed by atoms with E-state index in [0.29, 0.717) is 24.8 Å². The molecule has 0 heterocycles. The van der Waals surface area contributed by atoms with Crippen LogP contribution in [0.4, 0.5) is 4.39 Å². The zero-order valence-electron chi connectivity index (χ0n) is 12.2. The predicted molar refractivity (Wildman–Crippen MR) is 78.2 cm³/mol. The Labute approximate surface area is 120 Å². The smallest absolute Gasteiger partial charge is 0.243 e. The molecule has 0 fully saturated rings. The lowest BCUT2D eigenvalue weighted by Crippen LogP contribution is -2.47. The monoisotopic (exact) mass is 302 g/mol. The maximum absolute atomic E-state index is 13.8. The number of rotatable bonds is 7. The van der Waals surface area contributed by atoms with Crippen molar-refractivity contribution in [1.82, 2.24) is 4.72 Å². The van der Waals surface area contributed by atoms with Gasteiger partial charge < -0.3 is 5.73 Å². The fraction of sp³-hybridized carbons (Fsp3) is 0.571. The van der Waals surface area contributed by atoms with E-state index in [-0.39, 0.29) is 11.4 Å². The summed E-state index contributed by atoms with van der Waals surface area (Å²) < 4.78 is 41.3. The normalized spacial score (nSPS) is 12.7. The first-order valence-corrected chi connectivity index (χ1v) is 8.35. The molecule has 0 saturated carbocycles. The second-order valence-corrected chi connectivity index (χ2v) is 6.57. The molecule has 0 atom stereocenters. The maximum Gasteiger partial charge on any atom is 0.243 e. The first-order valence-electron chi connectivity index (χ1n) is 6.86. The number of nitrogens with one attached hydrogen (secondary N) is 1. The Morgan fingerprint density at radius 1 is 1.20 bits per heavy atom. The van der Waals surface area contributed by atoms with Gasteiger partial charge in [0.25, 0.3) is 0 Å². The van der Waals surface area contributed by atoms with E-state index in [1.165, 1.54) is 12.1 Å². The van der Waals surface area contributed by atoms with Crippen LogP contribution in [0.15, 0.2) is 23.1 Å². The van der Waals surface area contributed by atoms with Gasteiger partial charge in [-0.3, -0.25) is 0 Å². The van der Waals surface area contributed by atoms with E-state index in [0.717, 1.165) is 6.07 Å². The van der Waals surface area contributed by atoms with E-state index in [4.69, 9.17) is 5.73 Å². The Bertz CT molecular complexity index is 546. The highest BCUT2D eigenvalue weighted by Crippen LogP contribution is 2.24. The second-order valence-electron chi connectivity index (χ2n) is 4.92. The molecule has 1 aromatic rings. The molecule has 1 aromatic carbocycles. The van der Waals surface area contributed by atoms with Gasteiger partial charge in [0, 0.05) is 12.1 Å². The van der Waals surface area contributed by atoms with Gasteiger partial charge in [0.2, 0.25) is 10.0 Å². The van der Waals surface area contributed by atoms with E-state index >= 15 is 0 Å². The van der Waals surface area contributed by atoms with Crippen LogP contribution in [-0.2, 0) is 16.6 Å². The summed E-state index contributed by atoms with van der Waals surface area (Å²) >= 11 is 0.